The van der Waals surface area contributed by atoms with Crippen molar-refractivity contribution in [2.24, 2.45) is 5.92 Å². The highest BCUT2D eigenvalue weighted by Gasteiger charge is 2.06. The van der Waals surface area contributed by atoms with Crippen LogP contribution in [-0.4, -0.2) is 5.16 Å². The van der Waals surface area contributed by atoms with Crippen LogP contribution in [0, 0.1) is 19.8 Å². The summed E-state index contributed by atoms with van der Waals surface area (Å²) >= 11 is 0. The second-order valence-corrected chi connectivity index (χ2v) is 4.91. The van der Waals surface area contributed by atoms with E-state index >= 15 is 0 Å². The quantitative estimate of drug-likeness (QED) is 0.703. The molecule has 1 aliphatic rings. The Bertz CT molecular complexity index is 298. The molecule has 0 bridgehead atoms. The highest BCUT2D eigenvalue weighted by Crippen LogP contribution is 2.22. The molecule has 2 rings (SSSR count). The molecule has 0 saturated heterocycles. The van der Waals surface area contributed by atoms with Gasteiger partial charge >= 0.3 is 0 Å². The molecule has 0 unspecified atom stereocenters. The molecule has 0 spiro atoms. The topological polar surface area (TPSA) is 26.0 Å². The van der Waals surface area contributed by atoms with Gasteiger partial charge in [0.2, 0.25) is 0 Å². The molecule has 1 fully saturated rings. The molecule has 2 nitrogen and oxygen atoms in total. The summed E-state index contributed by atoms with van der Waals surface area (Å²) < 4.78 is 4.99. The lowest BCUT2D eigenvalue weighted by atomic mass is 9.91. The Morgan fingerprint density at radius 2 is 1.81 bits per heavy atom. The van der Waals surface area contributed by atoms with Gasteiger partial charge in [-0.05, 0) is 19.8 Å². The minimum atomic E-state index is 0.937. The Labute approximate surface area is 99.4 Å². The van der Waals surface area contributed by atoms with E-state index in [1.807, 2.05) is 13.8 Å². The van der Waals surface area contributed by atoms with Gasteiger partial charge in [-0.25, -0.2) is 0 Å². The van der Waals surface area contributed by atoms with Gasteiger partial charge in [-0.1, -0.05) is 51.1 Å². The number of hydrogen-bond donors (Lipinski definition) is 0. The Kier molecular flexibility index (Phi) is 5.58. The van der Waals surface area contributed by atoms with Crippen molar-refractivity contribution in [2.45, 2.75) is 66.2 Å². The number of aromatic nitrogens is 1. The first kappa shape index (κ1) is 13.3. The van der Waals surface area contributed by atoms with Crippen LogP contribution in [0.4, 0.5) is 0 Å². The zero-order chi connectivity index (χ0) is 12.0. The van der Waals surface area contributed by atoms with Crippen LogP contribution in [0.1, 0.15) is 63.0 Å². The summed E-state index contributed by atoms with van der Waals surface area (Å²) in [7, 11) is 0. The van der Waals surface area contributed by atoms with Gasteiger partial charge in [0.1, 0.15) is 5.76 Å². The summed E-state index contributed by atoms with van der Waals surface area (Å²) in [5.41, 5.74) is 2.20. The van der Waals surface area contributed by atoms with E-state index in [1.165, 1.54) is 37.7 Å². The summed E-state index contributed by atoms with van der Waals surface area (Å²) in [6.07, 6.45) is 8.37. The summed E-state index contributed by atoms with van der Waals surface area (Å²) in [5, 5.41) is 3.81. The molecule has 0 aromatic carbocycles. The Balaban J connectivity index is 0.000000165. The molecule has 16 heavy (non-hydrogen) atoms. The number of hydrogen-bond acceptors (Lipinski definition) is 2. The van der Waals surface area contributed by atoms with Crippen molar-refractivity contribution in [3.05, 3.63) is 17.0 Å². The fourth-order valence-corrected chi connectivity index (χ4v) is 2.10. The minimum Gasteiger partial charge on any atom is -0.361 e. The second-order valence-electron chi connectivity index (χ2n) is 4.91. The molecule has 1 aromatic heterocycles. The fraction of sp³-hybridized carbons (Fsp3) is 0.786. The predicted octanol–water partition coefficient (Wildman–Crippen LogP) is 4.44. The van der Waals surface area contributed by atoms with Gasteiger partial charge < -0.3 is 4.52 Å². The summed E-state index contributed by atoms with van der Waals surface area (Å²) in [6.45, 7) is 8.41. The number of aryl methyl sites for hydroxylation is 2. The largest absolute Gasteiger partial charge is 0.361 e. The van der Waals surface area contributed by atoms with Crippen molar-refractivity contribution >= 4 is 0 Å². The van der Waals surface area contributed by atoms with Crippen LogP contribution < -0.4 is 0 Å². The van der Waals surface area contributed by atoms with Crippen LogP contribution >= 0.6 is 0 Å². The van der Waals surface area contributed by atoms with Crippen molar-refractivity contribution in [1.82, 2.24) is 5.16 Å². The van der Waals surface area contributed by atoms with Crippen LogP contribution in [0.15, 0.2) is 4.52 Å². The van der Waals surface area contributed by atoms with Crippen LogP contribution in [0.3, 0.4) is 0 Å². The van der Waals surface area contributed by atoms with Crippen LogP contribution in [-0.2, 0) is 6.42 Å². The molecule has 1 aromatic rings. The average Bonchev–Trinajstić information content (AvgIpc) is 2.61. The van der Waals surface area contributed by atoms with Crippen LogP contribution in [0.25, 0.3) is 0 Å². The molecule has 92 valence electrons. The van der Waals surface area contributed by atoms with E-state index in [9.17, 15) is 0 Å². The standard InChI is InChI=1S/C7H11NO.C7H14/c1-4-7-5(2)6(3)8-9-7;1-7-5-3-2-4-6-7/h4H2,1-3H3;7H,2-6H2,1H3. The first-order valence-electron chi connectivity index (χ1n) is 6.56. The maximum absolute atomic E-state index is 4.99. The minimum absolute atomic E-state index is 0.937. The van der Waals surface area contributed by atoms with Gasteiger partial charge in [0.05, 0.1) is 5.69 Å². The Morgan fingerprint density at radius 1 is 1.19 bits per heavy atom. The third-order valence-electron chi connectivity index (χ3n) is 3.47. The molecular formula is C14H25NO. The van der Waals surface area contributed by atoms with Crippen LogP contribution in [0.5, 0.6) is 0 Å². The summed E-state index contributed by atoms with van der Waals surface area (Å²) in [5.74, 6) is 2.04. The molecule has 1 saturated carbocycles. The SMILES string of the molecule is CC1CCCCC1.CCc1onc(C)c1C. The molecular weight excluding hydrogens is 198 g/mol. The van der Waals surface area contributed by atoms with Crippen molar-refractivity contribution < 1.29 is 4.52 Å². The van der Waals surface area contributed by atoms with Crippen LogP contribution in [0.2, 0.25) is 0 Å². The molecule has 2 heteroatoms. The lowest BCUT2D eigenvalue weighted by molar-refractivity contribution is 0.382. The fourth-order valence-electron chi connectivity index (χ4n) is 2.10. The maximum Gasteiger partial charge on any atom is 0.139 e. The van der Waals surface area contributed by atoms with E-state index in [-0.39, 0.29) is 0 Å². The average molecular weight is 223 g/mol. The molecule has 0 radical (unpaired) electrons. The van der Waals surface area contributed by atoms with Gasteiger partial charge in [-0.15, -0.1) is 0 Å². The molecule has 0 atom stereocenters. The molecule has 0 N–H and O–H groups in total. The number of rotatable bonds is 1. The van der Waals surface area contributed by atoms with E-state index in [0.29, 0.717) is 0 Å². The monoisotopic (exact) mass is 223 g/mol. The molecule has 1 aliphatic carbocycles. The summed E-state index contributed by atoms with van der Waals surface area (Å²) in [4.78, 5) is 0. The van der Waals surface area contributed by atoms with Gasteiger partial charge in [-0.3, -0.25) is 0 Å². The van der Waals surface area contributed by atoms with Gasteiger partial charge in [0, 0.05) is 12.0 Å². The smallest absolute Gasteiger partial charge is 0.139 e. The first-order valence-corrected chi connectivity index (χ1v) is 6.56. The molecule has 0 aliphatic heterocycles. The zero-order valence-corrected chi connectivity index (χ0v) is 11.2. The van der Waals surface area contributed by atoms with E-state index < -0.39 is 0 Å². The lowest BCUT2D eigenvalue weighted by Gasteiger charge is -2.15. The van der Waals surface area contributed by atoms with E-state index in [2.05, 4.69) is 19.0 Å². The third-order valence-corrected chi connectivity index (χ3v) is 3.47. The normalized spacial score (nSPS) is 16.8. The van der Waals surface area contributed by atoms with Gasteiger partial charge in [0.15, 0.2) is 0 Å². The lowest BCUT2D eigenvalue weighted by Crippen LogP contribution is -1.99. The maximum atomic E-state index is 4.99. The van der Waals surface area contributed by atoms with Crippen molar-refractivity contribution in [2.75, 3.05) is 0 Å². The van der Waals surface area contributed by atoms with E-state index in [0.717, 1.165) is 23.8 Å². The highest BCUT2D eigenvalue weighted by molar-refractivity contribution is 5.19. The van der Waals surface area contributed by atoms with Gasteiger partial charge in [0.25, 0.3) is 0 Å². The van der Waals surface area contributed by atoms with Crippen molar-refractivity contribution in [3.8, 4) is 0 Å². The van der Waals surface area contributed by atoms with Crippen molar-refractivity contribution in [1.29, 1.82) is 0 Å². The summed E-state index contributed by atoms with van der Waals surface area (Å²) in [6, 6.07) is 0. The predicted molar refractivity (Wildman–Crippen MR) is 67.6 cm³/mol. The zero-order valence-electron chi connectivity index (χ0n) is 11.2. The van der Waals surface area contributed by atoms with E-state index in [1.54, 1.807) is 0 Å². The van der Waals surface area contributed by atoms with Crippen molar-refractivity contribution in [3.63, 3.8) is 0 Å². The highest BCUT2D eigenvalue weighted by atomic mass is 16.5. The Morgan fingerprint density at radius 3 is 2.06 bits per heavy atom. The first-order chi connectivity index (χ1) is 7.65. The van der Waals surface area contributed by atoms with Gasteiger partial charge in [-0.2, -0.15) is 0 Å². The van der Waals surface area contributed by atoms with E-state index in [4.69, 9.17) is 4.52 Å². The Hall–Kier alpha value is -0.790. The third kappa shape index (κ3) is 3.99. The second kappa shape index (κ2) is 6.72. The number of nitrogens with zero attached hydrogens (tertiary/aromatic N) is 1. The molecule has 1 heterocycles. The molecule has 0 amide bonds.